The fourth-order valence-electron chi connectivity index (χ4n) is 0.426. The van der Waals surface area contributed by atoms with Crippen molar-refractivity contribution in [3.05, 3.63) is 23.3 Å². The molecule has 0 heterocycles. The molecule has 10 heavy (non-hydrogen) atoms. The molecule has 0 aliphatic rings. The Morgan fingerprint density at radius 3 is 2.50 bits per heavy atom. The second kappa shape index (κ2) is 4.74. The number of nitrogens with zero attached hydrogens (tertiary/aromatic N) is 1. The highest BCUT2D eigenvalue weighted by Gasteiger charge is 1.97. The number of hydrogen-bond donors (Lipinski definition) is 2. The molecule has 1 nitrogen and oxygen atoms in total. The van der Waals surface area contributed by atoms with Gasteiger partial charge in [-0.1, -0.05) is 25.5 Å². The summed E-state index contributed by atoms with van der Waals surface area (Å²) in [4.78, 5) is 1.02. The Morgan fingerprint density at radius 1 is 1.70 bits per heavy atom. The first-order valence-corrected chi connectivity index (χ1v) is 3.87. The van der Waals surface area contributed by atoms with Gasteiger partial charge in [-0.25, -0.2) is 0 Å². The minimum absolute atomic E-state index is 0.777. The molecule has 0 aliphatic carbocycles. The van der Waals surface area contributed by atoms with Crippen molar-refractivity contribution in [2.24, 2.45) is 0 Å². The van der Waals surface area contributed by atoms with Gasteiger partial charge in [-0.05, 0) is 11.8 Å². The van der Waals surface area contributed by atoms with E-state index in [0.717, 1.165) is 17.0 Å². The van der Waals surface area contributed by atoms with E-state index in [1.165, 1.54) is 0 Å². The van der Waals surface area contributed by atoms with Crippen molar-refractivity contribution < 1.29 is 0 Å². The van der Waals surface area contributed by atoms with E-state index in [1.807, 2.05) is 20.0 Å². The van der Waals surface area contributed by atoms with Crippen molar-refractivity contribution in [3.8, 4) is 0 Å². The highest BCUT2D eigenvalue weighted by molar-refractivity contribution is 7.84. The van der Waals surface area contributed by atoms with E-state index >= 15 is 0 Å². The normalized spacial score (nSPS) is 11.4. The maximum absolute atomic E-state index is 4.20. The second-order valence-corrected chi connectivity index (χ2v) is 3.22. The third-order valence-electron chi connectivity index (χ3n) is 1.18. The number of allylic oxidation sites excluding steroid dienone is 2. The van der Waals surface area contributed by atoms with E-state index in [-0.39, 0.29) is 0 Å². The van der Waals surface area contributed by atoms with Crippen LogP contribution < -0.4 is 0 Å². The SMILES string of the molecule is C=C(C/C(S)=C\C)N(C)S. The largest absolute Gasteiger partial charge is 0.326 e. The molecule has 0 saturated heterocycles. The third-order valence-corrected chi connectivity index (χ3v) is 1.88. The van der Waals surface area contributed by atoms with Gasteiger partial charge in [-0.3, -0.25) is 0 Å². The Hall–Kier alpha value is -0.0200. The Labute approximate surface area is 73.8 Å². The van der Waals surface area contributed by atoms with Crippen LogP contribution in [0.1, 0.15) is 13.3 Å². The predicted molar refractivity (Wildman–Crippen MR) is 53.2 cm³/mol. The van der Waals surface area contributed by atoms with Crippen molar-refractivity contribution in [2.75, 3.05) is 7.05 Å². The minimum atomic E-state index is 0.777. The Morgan fingerprint density at radius 2 is 2.20 bits per heavy atom. The summed E-state index contributed by atoms with van der Waals surface area (Å²) in [6, 6.07) is 0. The van der Waals surface area contributed by atoms with Gasteiger partial charge in [0.1, 0.15) is 0 Å². The van der Waals surface area contributed by atoms with Crippen LogP contribution in [0.15, 0.2) is 23.3 Å². The number of rotatable bonds is 3. The van der Waals surface area contributed by atoms with Crippen LogP contribution in [0.3, 0.4) is 0 Å². The van der Waals surface area contributed by atoms with Gasteiger partial charge in [-0.2, -0.15) is 0 Å². The first-order chi connectivity index (χ1) is 4.57. The highest BCUT2D eigenvalue weighted by atomic mass is 32.1. The Balaban J connectivity index is 3.81. The van der Waals surface area contributed by atoms with Crippen LogP contribution in [0.4, 0.5) is 0 Å². The van der Waals surface area contributed by atoms with Crippen LogP contribution >= 0.6 is 25.4 Å². The fourth-order valence-corrected chi connectivity index (χ4v) is 0.679. The van der Waals surface area contributed by atoms with Crippen LogP contribution in [0.2, 0.25) is 0 Å². The second-order valence-electron chi connectivity index (χ2n) is 2.05. The molecular weight excluding hydrogens is 162 g/mol. The maximum Gasteiger partial charge on any atom is 0.0213 e. The zero-order valence-electron chi connectivity index (χ0n) is 6.33. The molecule has 0 bridgehead atoms. The van der Waals surface area contributed by atoms with Crippen LogP contribution in [-0.2, 0) is 0 Å². The van der Waals surface area contributed by atoms with E-state index < -0.39 is 0 Å². The lowest BCUT2D eigenvalue weighted by Gasteiger charge is -2.13. The van der Waals surface area contributed by atoms with Gasteiger partial charge in [0.15, 0.2) is 0 Å². The van der Waals surface area contributed by atoms with Crippen LogP contribution in [0.25, 0.3) is 0 Å². The van der Waals surface area contributed by atoms with Crippen molar-refractivity contribution in [3.63, 3.8) is 0 Å². The summed E-state index contributed by atoms with van der Waals surface area (Å²) in [5, 5.41) is 0. The zero-order valence-corrected chi connectivity index (χ0v) is 8.12. The van der Waals surface area contributed by atoms with Crippen molar-refractivity contribution in [1.82, 2.24) is 4.31 Å². The molecule has 58 valence electrons. The molecule has 0 aromatic heterocycles. The van der Waals surface area contributed by atoms with Gasteiger partial charge < -0.3 is 4.31 Å². The molecule has 0 radical (unpaired) electrons. The lowest BCUT2D eigenvalue weighted by atomic mass is 10.3. The fraction of sp³-hybridized carbons (Fsp3) is 0.429. The summed E-state index contributed by atoms with van der Waals surface area (Å²) in [5.41, 5.74) is 0.950. The summed E-state index contributed by atoms with van der Waals surface area (Å²) in [7, 11) is 1.85. The molecule has 0 amide bonds. The van der Waals surface area contributed by atoms with Crippen LogP contribution in [-0.4, -0.2) is 11.4 Å². The molecular formula is C7H13NS2. The van der Waals surface area contributed by atoms with Crippen molar-refractivity contribution >= 4 is 25.4 Å². The molecule has 0 aromatic rings. The van der Waals surface area contributed by atoms with Gasteiger partial charge in [-0.15, -0.1) is 12.6 Å². The lowest BCUT2D eigenvalue weighted by molar-refractivity contribution is 0.692. The molecule has 0 rings (SSSR count). The zero-order chi connectivity index (χ0) is 8.15. The molecule has 3 heteroatoms. The monoisotopic (exact) mass is 175 g/mol. The minimum Gasteiger partial charge on any atom is -0.326 e. The van der Waals surface area contributed by atoms with Gasteiger partial charge >= 0.3 is 0 Å². The molecule has 0 fully saturated rings. The Bertz CT molecular complexity index is 150. The van der Waals surface area contributed by atoms with Crippen LogP contribution in [0, 0.1) is 0 Å². The maximum atomic E-state index is 4.20. The van der Waals surface area contributed by atoms with Gasteiger partial charge in [0.2, 0.25) is 0 Å². The van der Waals surface area contributed by atoms with E-state index in [9.17, 15) is 0 Å². The van der Waals surface area contributed by atoms with Gasteiger partial charge in [0.25, 0.3) is 0 Å². The smallest absolute Gasteiger partial charge is 0.0213 e. The Kier molecular flexibility index (Phi) is 4.73. The van der Waals surface area contributed by atoms with Gasteiger partial charge in [0.05, 0.1) is 0 Å². The summed E-state index contributed by atoms with van der Waals surface area (Å²) in [6.07, 6.45) is 2.73. The topological polar surface area (TPSA) is 3.24 Å². The third kappa shape index (κ3) is 3.90. The van der Waals surface area contributed by atoms with E-state index in [1.54, 1.807) is 4.31 Å². The van der Waals surface area contributed by atoms with Crippen molar-refractivity contribution in [1.29, 1.82) is 0 Å². The highest BCUT2D eigenvalue weighted by Crippen LogP contribution is 2.15. The quantitative estimate of drug-likeness (QED) is 0.623. The number of thiol groups is 2. The summed E-state index contributed by atoms with van der Waals surface area (Å²) in [6.45, 7) is 5.75. The first-order valence-electron chi connectivity index (χ1n) is 3.02. The summed E-state index contributed by atoms with van der Waals surface area (Å²) < 4.78 is 1.69. The molecule has 0 spiro atoms. The van der Waals surface area contributed by atoms with E-state index in [0.29, 0.717) is 0 Å². The van der Waals surface area contributed by atoms with Crippen molar-refractivity contribution in [2.45, 2.75) is 13.3 Å². The van der Waals surface area contributed by atoms with Gasteiger partial charge in [0, 0.05) is 19.2 Å². The van der Waals surface area contributed by atoms with E-state index in [4.69, 9.17) is 0 Å². The first kappa shape index (κ1) is 9.98. The number of hydrogen-bond acceptors (Lipinski definition) is 3. The lowest BCUT2D eigenvalue weighted by Crippen LogP contribution is -2.02. The van der Waals surface area contributed by atoms with Crippen LogP contribution in [0.5, 0.6) is 0 Å². The average Bonchev–Trinajstić information content (AvgIpc) is 1.87. The molecule has 0 saturated carbocycles. The molecule has 0 aliphatic heterocycles. The van der Waals surface area contributed by atoms with E-state index in [2.05, 4.69) is 32.0 Å². The molecule has 0 aromatic carbocycles. The molecule has 0 unspecified atom stereocenters. The molecule has 0 N–H and O–H groups in total. The summed E-state index contributed by atoms with van der Waals surface area (Å²) >= 11 is 8.28. The predicted octanol–water partition coefficient (Wildman–Crippen LogP) is 2.50. The summed E-state index contributed by atoms with van der Waals surface area (Å²) in [5.74, 6) is 0. The molecule has 0 atom stereocenters. The average molecular weight is 175 g/mol. The standard InChI is InChI=1S/C7H13NS2/c1-4-7(9)5-6(2)8(3)10/h4,9-10H,2,5H2,1,3H3/b7-4+.